The van der Waals surface area contributed by atoms with Crippen LogP contribution in [0.2, 0.25) is 0 Å². The van der Waals surface area contributed by atoms with Crippen molar-refractivity contribution in [3.8, 4) is 0 Å². The number of aldehydes is 1. The summed E-state index contributed by atoms with van der Waals surface area (Å²) in [6, 6.07) is 7.68. The van der Waals surface area contributed by atoms with Gasteiger partial charge in [0.05, 0.1) is 5.70 Å². The van der Waals surface area contributed by atoms with Gasteiger partial charge in [0.15, 0.2) is 0 Å². The Bertz CT molecular complexity index is 588. The van der Waals surface area contributed by atoms with Crippen LogP contribution in [0.15, 0.2) is 47.0 Å². The van der Waals surface area contributed by atoms with Gasteiger partial charge in [0.25, 0.3) is 0 Å². The molecular formula is C18H27ClN4O. The zero-order chi connectivity index (χ0) is 18.1. The Balaban J connectivity index is 0.00000139. The Morgan fingerprint density at radius 2 is 1.83 bits per heavy atom. The third kappa shape index (κ3) is 5.49. The average Bonchev–Trinajstić information content (AvgIpc) is 2.61. The highest BCUT2D eigenvalue weighted by atomic mass is 35.5. The molecule has 1 unspecified atom stereocenters. The van der Waals surface area contributed by atoms with Crippen LogP contribution >= 0.6 is 11.6 Å². The smallest absolute Gasteiger partial charge is 0.150 e. The van der Waals surface area contributed by atoms with Gasteiger partial charge in [0, 0.05) is 24.6 Å². The van der Waals surface area contributed by atoms with Gasteiger partial charge in [-0.1, -0.05) is 49.7 Å². The second-order valence-electron chi connectivity index (χ2n) is 5.44. The van der Waals surface area contributed by atoms with E-state index in [1.165, 1.54) is 5.56 Å². The summed E-state index contributed by atoms with van der Waals surface area (Å²) in [7, 11) is 0. The number of nitrogens with zero attached hydrogens (tertiary/aromatic N) is 1. The second kappa shape index (κ2) is 9.88. The van der Waals surface area contributed by atoms with E-state index < -0.39 is 0 Å². The first-order valence-electron chi connectivity index (χ1n) is 8.19. The summed E-state index contributed by atoms with van der Waals surface area (Å²) in [5.41, 5.74) is 19.6. The van der Waals surface area contributed by atoms with Crippen molar-refractivity contribution >= 4 is 17.9 Å². The highest BCUT2D eigenvalue weighted by Gasteiger charge is 2.23. The van der Waals surface area contributed by atoms with Gasteiger partial charge in [0.2, 0.25) is 0 Å². The fourth-order valence-electron chi connectivity index (χ4n) is 2.80. The molecule has 0 saturated carbocycles. The largest absolute Gasteiger partial charge is 0.389 e. The predicted molar refractivity (Wildman–Crippen MR) is 100 cm³/mol. The van der Waals surface area contributed by atoms with Crippen molar-refractivity contribution in [1.82, 2.24) is 4.90 Å². The van der Waals surface area contributed by atoms with E-state index in [9.17, 15) is 4.79 Å². The van der Waals surface area contributed by atoms with Gasteiger partial charge in [-0.25, -0.2) is 0 Å². The number of rotatable bonds is 4. The summed E-state index contributed by atoms with van der Waals surface area (Å²) in [4.78, 5) is 12.8. The lowest BCUT2D eigenvalue weighted by Gasteiger charge is -2.35. The lowest BCUT2D eigenvalue weighted by atomic mass is 9.90. The van der Waals surface area contributed by atoms with Crippen LogP contribution < -0.4 is 17.2 Å². The Morgan fingerprint density at radius 3 is 2.33 bits per heavy atom. The van der Waals surface area contributed by atoms with Crippen LogP contribution in [0.3, 0.4) is 0 Å². The molecule has 1 aromatic rings. The highest BCUT2D eigenvalue weighted by molar-refractivity contribution is 6.29. The van der Waals surface area contributed by atoms with Gasteiger partial charge in [-0.3, -0.25) is 4.79 Å². The number of carbonyl (C=O) groups excluding carboxylic acids is 1. The van der Waals surface area contributed by atoms with E-state index in [0.29, 0.717) is 17.2 Å². The van der Waals surface area contributed by atoms with Gasteiger partial charge in [-0.2, -0.15) is 0 Å². The van der Waals surface area contributed by atoms with Crippen molar-refractivity contribution in [3.05, 3.63) is 58.1 Å². The number of nitrogens with two attached hydrogens (primary N) is 3. The van der Waals surface area contributed by atoms with Crippen molar-refractivity contribution in [1.29, 1.82) is 0 Å². The van der Waals surface area contributed by atoms with E-state index in [0.717, 1.165) is 32.2 Å². The maximum atomic E-state index is 10.7. The molecule has 6 N–H and O–H groups in total. The van der Waals surface area contributed by atoms with Crippen LogP contribution in [0.4, 0.5) is 0 Å². The predicted octanol–water partition coefficient (Wildman–Crippen LogP) is 2.83. The molecule has 0 aromatic heterocycles. The van der Waals surface area contributed by atoms with E-state index >= 15 is 0 Å². The van der Waals surface area contributed by atoms with Crippen LogP contribution in [0.1, 0.15) is 48.5 Å². The molecule has 132 valence electrons. The topological polar surface area (TPSA) is 98.4 Å². The first-order chi connectivity index (χ1) is 11.5. The minimum atomic E-state index is 0.154. The zero-order valence-corrected chi connectivity index (χ0v) is 15.1. The molecule has 0 spiro atoms. The van der Waals surface area contributed by atoms with Crippen LogP contribution in [0.25, 0.3) is 0 Å². The molecule has 1 aromatic carbocycles. The van der Waals surface area contributed by atoms with Gasteiger partial charge in [0.1, 0.15) is 17.3 Å². The Kier molecular flexibility index (Phi) is 8.19. The summed E-state index contributed by atoms with van der Waals surface area (Å²) in [5, 5.41) is 0.154. The highest BCUT2D eigenvalue weighted by Crippen LogP contribution is 2.29. The fourth-order valence-corrected chi connectivity index (χ4v) is 2.91. The molecule has 6 heteroatoms. The molecule has 0 radical (unpaired) electrons. The van der Waals surface area contributed by atoms with Crippen molar-refractivity contribution in [3.63, 3.8) is 0 Å². The Morgan fingerprint density at radius 1 is 1.21 bits per heavy atom. The maximum Gasteiger partial charge on any atom is 0.150 e. The molecule has 1 saturated heterocycles. The first-order valence-corrected chi connectivity index (χ1v) is 8.57. The quantitative estimate of drug-likeness (QED) is 0.440. The lowest BCUT2D eigenvalue weighted by Crippen LogP contribution is -2.36. The van der Waals surface area contributed by atoms with Gasteiger partial charge in [-0.05, 0) is 24.5 Å². The number of allylic oxidation sites excluding steroid dienone is 1. The summed E-state index contributed by atoms with van der Waals surface area (Å²) in [5.74, 6) is 0.564. The Labute approximate surface area is 149 Å². The molecule has 1 fully saturated rings. The van der Waals surface area contributed by atoms with Gasteiger partial charge < -0.3 is 22.1 Å². The monoisotopic (exact) mass is 350 g/mol. The van der Waals surface area contributed by atoms with E-state index in [4.69, 9.17) is 28.8 Å². The van der Waals surface area contributed by atoms with E-state index in [-0.39, 0.29) is 11.0 Å². The average molecular weight is 351 g/mol. The number of likely N-dealkylation sites (tertiary alicyclic amines) is 1. The molecule has 5 nitrogen and oxygen atoms in total. The number of hydrogen-bond donors (Lipinski definition) is 3. The number of carbonyl (C=O) groups is 1. The normalized spacial score (nSPS) is 17.5. The number of piperidine rings is 1. The number of benzene rings is 1. The fraction of sp³-hybridized carbons (Fsp3) is 0.389. The molecule has 24 heavy (non-hydrogen) atoms. The molecule has 2 rings (SSSR count). The first kappa shape index (κ1) is 19.9. The molecular weight excluding hydrogens is 324 g/mol. The molecule has 1 aliphatic heterocycles. The van der Waals surface area contributed by atoms with Crippen LogP contribution in [0, 0.1) is 0 Å². The maximum absolute atomic E-state index is 10.7. The standard InChI is InChI=1S/C16H21ClN4O.C2H6/c17-15(18)8-14(16(19)20)21-7-1-2-13(9-21)12-5-3-11(10-22)4-6-12;1-2/h3-6,8,10,13H,1-2,7,9,18-20H2;1-2H3/b15-8-;. The van der Waals surface area contributed by atoms with Crippen molar-refractivity contribution < 1.29 is 4.79 Å². The van der Waals surface area contributed by atoms with Crippen molar-refractivity contribution in [2.24, 2.45) is 17.2 Å². The second-order valence-corrected chi connectivity index (χ2v) is 5.88. The summed E-state index contributed by atoms with van der Waals surface area (Å²) >= 11 is 5.76. The summed E-state index contributed by atoms with van der Waals surface area (Å²) in [6.07, 6.45) is 4.54. The minimum Gasteiger partial charge on any atom is -0.389 e. The van der Waals surface area contributed by atoms with Crippen LogP contribution in [0.5, 0.6) is 0 Å². The summed E-state index contributed by atoms with van der Waals surface area (Å²) < 4.78 is 0. The zero-order valence-electron chi connectivity index (χ0n) is 14.3. The van der Waals surface area contributed by atoms with E-state index in [2.05, 4.69) is 4.90 Å². The van der Waals surface area contributed by atoms with Crippen molar-refractivity contribution in [2.75, 3.05) is 13.1 Å². The van der Waals surface area contributed by atoms with E-state index in [1.54, 1.807) is 6.08 Å². The van der Waals surface area contributed by atoms with Gasteiger partial charge >= 0.3 is 0 Å². The van der Waals surface area contributed by atoms with Crippen LogP contribution in [-0.2, 0) is 0 Å². The molecule has 1 atom stereocenters. The molecule has 1 aliphatic rings. The molecule has 0 aliphatic carbocycles. The Hall–Kier alpha value is -2.14. The number of hydrogen-bond acceptors (Lipinski definition) is 5. The lowest BCUT2D eigenvalue weighted by molar-refractivity contribution is 0.112. The third-order valence-electron chi connectivity index (χ3n) is 3.88. The third-order valence-corrected chi connectivity index (χ3v) is 3.99. The molecule has 1 heterocycles. The van der Waals surface area contributed by atoms with Crippen molar-refractivity contribution in [2.45, 2.75) is 32.6 Å². The molecule has 0 amide bonds. The van der Waals surface area contributed by atoms with Crippen LogP contribution in [-0.4, -0.2) is 24.3 Å². The SMILES string of the molecule is CC.NC(N)=C(/C=C(\N)Cl)N1CCCC(c2ccc(C=O)cc2)C1. The minimum absolute atomic E-state index is 0.154. The molecule has 0 bridgehead atoms. The van der Waals surface area contributed by atoms with Gasteiger partial charge in [-0.15, -0.1) is 0 Å². The number of halogens is 1. The summed E-state index contributed by atoms with van der Waals surface area (Å²) in [6.45, 7) is 5.64. The van der Waals surface area contributed by atoms with E-state index in [1.807, 2.05) is 38.1 Å².